The average molecular weight is 290 g/mol. The molecule has 0 aromatic heterocycles. The van der Waals surface area contributed by atoms with E-state index in [1.807, 2.05) is 0 Å². The first-order valence-corrected chi connectivity index (χ1v) is 8.57. The van der Waals surface area contributed by atoms with Crippen molar-refractivity contribution in [2.24, 2.45) is 0 Å². The van der Waals surface area contributed by atoms with Crippen molar-refractivity contribution in [3.05, 3.63) is 90.0 Å². The van der Waals surface area contributed by atoms with Gasteiger partial charge in [0.1, 0.15) is 0 Å². The van der Waals surface area contributed by atoms with E-state index in [0.717, 1.165) is 0 Å². The van der Waals surface area contributed by atoms with Crippen LogP contribution in [0.15, 0.2) is 78.9 Å². The van der Waals surface area contributed by atoms with Gasteiger partial charge >= 0.3 is 0 Å². The Morgan fingerprint density at radius 2 is 1.05 bits per heavy atom. The molecule has 0 fully saturated rings. The Balaban J connectivity index is 2.14. The molecule has 0 atom stereocenters. The second kappa shape index (κ2) is 6.24. The Morgan fingerprint density at radius 1 is 0.524 bits per heavy atom. The molecule has 0 bridgehead atoms. The van der Waals surface area contributed by atoms with Gasteiger partial charge in [-0.15, -0.1) is 0 Å². The molecule has 21 heavy (non-hydrogen) atoms. The van der Waals surface area contributed by atoms with Crippen LogP contribution in [0.4, 0.5) is 0 Å². The molecule has 3 aromatic rings. The summed E-state index contributed by atoms with van der Waals surface area (Å²) in [7, 11) is -0.475. The quantitative estimate of drug-likeness (QED) is 0.638. The molecule has 0 N–H and O–H groups in total. The molecule has 0 aliphatic rings. The average Bonchev–Trinajstić information content (AvgIpc) is 2.53. The van der Waals surface area contributed by atoms with Gasteiger partial charge in [-0.3, -0.25) is 0 Å². The summed E-state index contributed by atoms with van der Waals surface area (Å²) < 4.78 is 0. The molecule has 0 aliphatic carbocycles. The molecule has 0 nitrogen and oxygen atoms in total. The number of hydrogen-bond donors (Lipinski definition) is 0. The number of rotatable bonds is 3. The molecule has 0 saturated carbocycles. The smallest absolute Gasteiger partial charge is 0.0134 e. The second-order valence-electron chi connectivity index (χ2n) is 5.28. The van der Waals surface area contributed by atoms with E-state index in [9.17, 15) is 0 Å². The van der Waals surface area contributed by atoms with Crippen molar-refractivity contribution in [2.45, 2.75) is 13.8 Å². The first-order chi connectivity index (χ1) is 10.3. The molecule has 104 valence electrons. The van der Waals surface area contributed by atoms with Gasteiger partial charge in [0.05, 0.1) is 0 Å². The minimum atomic E-state index is -0.475. The minimum Gasteiger partial charge on any atom is -0.0622 e. The van der Waals surface area contributed by atoms with Gasteiger partial charge in [-0.1, -0.05) is 78.9 Å². The van der Waals surface area contributed by atoms with Gasteiger partial charge in [-0.05, 0) is 48.8 Å². The molecule has 3 aromatic carbocycles. The predicted molar refractivity (Wildman–Crippen MR) is 94.6 cm³/mol. The van der Waals surface area contributed by atoms with Crippen LogP contribution in [-0.2, 0) is 0 Å². The molecule has 0 saturated heterocycles. The van der Waals surface area contributed by atoms with E-state index in [2.05, 4.69) is 92.7 Å². The lowest BCUT2D eigenvalue weighted by molar-refractivity contribution is 1.35. The Kier molecular flexibility index (Phi) is 4.18. The first kappa shape index (κ1) is 14.0. The monoisotopic (exact) mass is 290 g/mol. The summed E-state index contributed by atoms with van der Waals surface area (Å²) in [5.41, 5.74) is 2.72. The van der Waals surface area contributed by atoms with Crippen molar-refractivity contribution < 1.29 is 0 Å². The van der Waals surface area contributed by atoms with Crippen molar-refractivity contribution in [1.82, 2.24) is 0 Å². The van der Waals surface area contributed by atoms with Gasteiger partial charge in [-0.25, -0.2) is 0 Å². The number of benzene rings is 3. The van der Waals surface area contributed by atoms with Crippen LogP contribution in [-0.4, -0.2) is 0 Å². The fourth-order valence-corrected chi connectivity index (χ4v) is 4.85. The van der Waals surface area contributed by atoms with Crippen LogP contribution < -0.4 is 15.9 Å². The van der Waals surface area contributed by atoms with Crippen LogP contribution in [0.5, 0.6) is 0 Å². The standard InChI is InChI=1S/C20H19P/c1-16-13-14-20(15-17(16)2)21(18-9-5-3-6-10-18)19-11-7-4-8-12-19/h3-15H,1-2H3. The van der Waals surface area contributed by atoms with Gasteiger partial charge in [0.15, 0.2) is 0 Å². The third-order valence-electron chi connectivity index (χ3n) is 3.78. The minimum absolute atomic E-state index is 0.475. The highest BCUT2D eigenvalue weighted by molar-refractivity contribution is 7.79. The molecule has 0 spiro atoms. The van der Waals surface area contributed by atoms with Gasteiger partial charge < -0.3 is 0 Å². The van der Waals surface area contributed by atoms with Crippen molar-refractivity contribution >= 4 is 23.8 Å². The SMILES string of the molecule is Cc1ccc(P(c2ccccc2)c2ccccc2)cc1C. The molecular formula is C20H19P. The van der Waals surface area contributed by atoms with E-state index in [1.165, 1.54) is 27.0 Å². The molecule has 1 heteroatoms. The van der Waals surface area contributed by atoms with E-state index in [0.29, 0.717) is 0 Å². The summed E-state index contributed by atoms with van der Waals surface area (Å²) in [5, 5.41) is 4.23. The molecule has 0 radical (unpaired) electrons. The third-order valence-corrected chi connectivity index (χ3v) is 6.20. The zero-order chi connectivity index (χ0) is 14.7. The molecule has 0 amide bonds. The van der Waals surface area contributed by atoms with Crippen LogP contribution >= 0.6 is 7.92 Å². The van der Waals surface area contributed by atoms with E-state index in [1.54, 1.807) is 0 Å². The predicted octanol–water partition coefficient (Wildman–Crippen LogP) is 4.06. The summed E-state index contributed by atoms with van der Waals surface area (Å²) in [5.74, 6) is 0. The summed E-state index contributed by atoms with van der Waals surface area (Å²) in [6.07, 6.45) is 0. The van der Waals surface area contributed by atoms with Gasteiger partial charge in [0.2, 0.25) is 0 Å². The Hall–Kier alpha value is -1.91. The topological polar surface area (TPSA) is 0 Å². The molecule has 0 aliphatic heterocycles. The highest BCUT2D eigenvalue weighted by atomic mass is 31.1. The van der Waals surface area contributed by atoms with Crippen LogP contribution in [0.1, 0.15) is 11.1 Å². The van der Waals surface area contributed by atoms with E-state index >= 15 is 0 Å². The Morgan fingerprint density at radius 3 is 1.52 bits per heavy atom. The van der Waals surface area contributed by atoms with E-state index in [-0.39, 0.29) is 0 Å². The third kappa shape index (κ3) is 3.06. The van der Waals surface area contributed by atoms with Gasteiger partial charge in [0.25, 0.3) is 0 Å². The van der Waals surface area contributed by atoms with Crippen molar-refractivity contribution in [3.8, 4) is 0 Å². The summed E-state index contributed by atoms with van der Waals surface area (Å²) in [6, 6.07) is 28.6. The van der Waals surface area contributed by atoms with E-state index in [4.69, 9.17) is 0 Å². The van der Waals surface area contributed by atoms with Crippen LogP contribution in [0.25, 0.3) is 0 Å². The summed E-state index contributed by atoms with van der Waals surface area (Å²) in [4.78, 5) is 0. The van der Waals surface area contributed by atoms with Crippen LogP contribution in [0.2, 0.25) is 0 Å². The molecular weight excluding hydrogens is 271 g/mol. The maximum Gasteiger partial charge on any atom is -0.0134 e. The fourth-order valence-electron chi connectivity index (χ4n) is 2.47. The highest BCUT2D eigenvalue weighted by Crippen LogP contribution is 2.33. The Labute approximate surface area is 128 Å². The van der Waals surface area contributed by atoms with Crippen molar-refractivity contribution in [3.63, 3.8) is 0 Å². The maximum absolute atomic E-state index is 2.35. The zero-order valence-electron chi connectivity index (χ0n) is 12.5. The van der Waals surface area contributed by atoms with Gasteiger partial charge in [-0.2, -0.15) is 0 Å². The van der Waals surface area contributed by atoms with E-state index < -0.39 is 7.92 Å². The van der Waals surface area contributed by atoms with Gasteiger partial charge in [0, 0.05) is 0 Å². The summed E-state index contributed by atoms with van der Waals surface area (Å²) in [6.45, 7) is 4.37. The maximum atomic E-state index is 2.35. The fraction of sp³-hybridized carbons (Fsp3) is 0.100. The molecule has 0 unspecified atom stereocenters. The second-order valence-corrected chi connectivity index (χ2v) is 7.50. The first-order valence-electron chi connectivity index (χ1n) is 7.23. The normalized spacial score (nSPS) is 10.8. The molecule has 0 heterocycles. The number of hydrogen-bond acceptors (Lipinski definition) is 0. The lowest BCUT2D eigenvalue weighted by Crippen LogP contribution is -2.20. The lowest BCUT2D eigenvalue weighted by atomic mass is 10.1. The van der Waals surface area contributed by atoms with Crippen LogP contribution in [0.3, 0.4) is 0 Å². The van der Waals surface area contributed by atoms with Crippen molar-refractivity contribution in [1.29, 1.82) is 0 Å². The zero-order valence-corrected chi connectivity index (χ0v) is 13.3. The van der Waals surface area contributed by atoms with Crippen molar-refractivity contribution in [2.75, 3.05) is 0 Å². The summed E-state index contributed by atoms with van der Waals surface area (Å²) >= 11 is 0. The highest BCUT2D eigenvalue weighted by Gasteiger charge is 2.16. The Bertz CT molecular complexity index is 678. The largest absolute Gasteiger partial charge is 0.0622 e. The molecule has 3 rings (SSSR count). The lowest BCUT2D eigenvalue weighted by Gasteiger charge is -2.20. The number of aryl methyl sites for hydroxylation is 2. The van der Waals surface area contributed by atoms with Crippen LogP contribution in [0, 0.1) is 13.8 Å².